The molecule has 4 rings (SSSR count). The zero-order valence-corrected chi connectivity index (χ0v) is 21.9. The first-order valence-corrected chi connectivity index (χ1v) is 12.3. The Hall–Kier alpha value is -4.70. The number of fused-ring (bicyclic) bond motifs is 1. The van der Waals surface area contributed by atoms with Gasteiger partial charge in [0.2, 0.25) is 5.88 Å². The molecule has 7 nitrogen and oxygen atoms in total. The van der Waals surface area contributed by atoms with Crippen molar-refractivity contribution in [3.05, 3.63) is 100 Å². The molecule has 1 heterocycles. The Morgan fingerprint density at radius 1 is 1.11 bits per heavy atom. The summed E-state index contributed by atoms with van der Waals surface area (Å²) in [5.74, 6) is 1.20. The Balaban J connectivity index is 1.60. The zero-order chi connectivity index (χ0) is 27.2. The maximum Gasteiger partial charge on any atom is 0.336 e. The van der Waals surface area contributed by atoms with E-state index in [1.165, 1.54) is 6.08 Å². The molecule has 3 aromatic carbocycles. The molecule has 3 aromatic rings. The van der Waals surface area contributed by atoms with E-state index >= 15 is 0 Å². The summed E-state index contributed by atoms with van der Waals surface area (Å²) in [5.41, 5.74) is 9.95. The summed E-state index contributed by atoms with van der Waals surface area (Å²) in [6, 6.07) is 20.5. The first-order chi connectivity index (χ1) is 18.3. The maximum absolute atomic E-state index is 12.4. The van der Waals surface area contributed by atoms with Crippen molar-refractivity contribution < 1.29 is 23.7 Å². The molecule has 38 heavy (non-hydrogen) atoms. The molecule has 1 atom stereocenters. The van der Waals surface area contributed by atoms with Crippen LogP contribution in [0.5, 0.6) is 23.0 Å². The van der Waals surface area contributed by atoms with E-state index in [1.807, 2.05) is 49.4 Å². The van der Waals surface area contributed by atoms with Gasteiger partial charge in [-0.2, -0.15) is 5.26 Å². The Kier molecular flexibility index (Phi) is 8.03. The van der Waals surface area contributed by atoms with E-state index in [-0.39, 0.29) is 11.5 Å². The lowest BCUT2D eigenvalue weighted by atomic mass is 9.83. The lowest BCUT2D eigenvalue weighted by Crippen LogP contribution is -2.21. The molecule has 0 spiro atoms. The summed E-state index contributed by atoms with van der Waals surface area (Å²) < 4.78 is 22.7. The Bertz CT molecular complexity index is 1430. The first-order valence-electron chi connectivity index (χ1n) is 12.3. The molecule has 0 aromatic heterocycles. The predicted octanol–water partition coefficient (Wildman–Crippen LogP) is 5.88. The van der Waals surface area contributed by atoms with Crippen molar-refractivity contribution in [2.75, 3.05) is 13.7 Å². The quantitative estimate of drug-likeness (QED) is 0.229. The minimum absolute atomic E-state index is 0.00755. The molecule has 7 heteroatoms. The molecular weight excluding hydrogens is 480 g/mol. The van der Waals surface area contributed by atoms with Gasteiger partial charge >= 0.3 is 5.97 Å². The standard InChI is InChI=1S/C31H30N2O5/c1-19(2)18-36-26-13-10-22(15-28(26)35-4)30-24-12-11-23(16-27(24)38-31(33)25(30)17-32)37-29(34)14-9-21-7-5-20(3)6-8-21/h5-16,19,30H,18,33H2,1-4H3/b14-9+. The number of carbonyl (C=O) groups excluding carboxylic acids is 1. The number of aryl methyl sites for hydroxylation is 1. The molecule has 2 N–H and O–H groups in total. The molecule has 1 unspecified atom stereocenters. The highest BCUT2D eigenvalue weighted by atomic mass is 16.5. The molecule has 0 aliphatic carbocycles. The number of methoxy groups -OCH3 is 1. The van der Waals surface area contributed by atoms with Crippen LogP contribution in [0, 0.1) is 24.2 Å². The number of nitriles is 1. The monoisotopic (exact) mass is 510 g/mol. The van der Waals surface area contributed by atoms with Gasteiger partial charge in [0.05, 0.1) is 19.6 Å². The summed E-state index contributed by atoms with van der Waals surface area (Å²) in [6.45, 7) is 6.69. The number of hydrogen-bond acceptors (Lipinski definition) is 7. The van der Waals surface area contributed by atoms with Crippen LogP contribution in [-0.4, -0.2) is 19.7 Å². The number of rotatable bonds is 8. The van der Waals surface area contributed by atoms with Crippen LogP contribution in [0.4, 0.5) is 0 Å². The Labute approximate surface area is 222 Å². The zero-order valence-electron chi connectivity index (χ0n) is 21.9. The highest BCUT2D eigenvalue weighted by molar-refractivity contribution is 5.88. The van der Waals surface area contributed by atoms with Crippen molar-refractivity contribution in [1.82, 2.24) is 0 Å². The van der Waals surface area contributed by atoms with Crippen LogP contribution in [0.1, 0.15) is 42.0 Å². The van der Waals surface area contributed by atoms with E-state index in [0.717, 1.165) is 16.7 Å². The van der Waals surface area contributed by atoms with E-state index in [2.05, 4.69) is 19.9 Å². The van der Waals surface area contributed by atoms with Gasteiger partial charge in [-0.1, -0.05) is 55.8 Å². The van der Waals surface area contributed by atoms with Crippen LogP contribution in [0.3, 0.4) is 0 Å². The van der Waals surface area contributed by atoms with Crippen LogP contribution in [-0.2, 0) is 4.79 Å². The molecule has 0 radical (unpaired) electrons. The number of nitrogens with zero attached hydrogens (tertiary/aromatic N) is 1. The van der Waals surface area contributed by atoms with E-state index in [4.69, 9.17) is 24.7 Å². The Morgan fingerprint density at radius 2 is 1.87 bits per heavy atom. The van der Waals surface area contributed by atoms with Crippen molar-refractivity contribution >= 4 is 12.0 Å². The molecule has 0 saturated carbocycles. The number of ether oxygens (including phenoxy) is 4. The van der Waals surface area contributed by atoms with Gasteiger partial charge in [-0.3, -0.25) is 0 Å². The third-order valence-electron chi connectivity index (χ3n) is 5.99. The van der Waals surface area contributed by atoms with Crippen molar-refractivity contribution in [1.29, 1.82) is 5.26 Å². The number of hydrogen-bond donors (Lipinski definition) is 1. The van der Waals surface area contributed by atoms with E-state index in [9.17, 15) is 10.1 Å². The van der Waals surface area contributed by atoms with Gasteiger partial charge in [-0.25, -0.2) is 4.79 Å². The van der Waals surface area contributed by atoms with Crippen molar-refractivity contribution in [3.63, 3.8) is 0 Å². The second-order valence-electron chi connectivity index (χ2n) is 9.40. The highest BCUT2D eigenvalue weighted by Gasteiger charge is 2.31. The normalized spacial score (nSPS) is 14.6. The van der Waals surface area contributed by atoms with Gasteiger partial charge in [0.15, 0.2) is 11.5 Å². The van der Waals surface area contributed by atoms with E-state index < -0.39 is 11.9 Å². The molecule has 0 saturated heterocycles. The lowest BCUT2D eigenvalue weighted by Gasteiger charge is -2.27. The number of esters is 1. The van der Waals surface area contributed by atoms with Crippen molar-refractivity contribution in [2.45, 2.75) is 26.7 Å². The van der Waals surface area contributed by atoms with Crippen molar-refractivity contribution in [3.8, 4) is 29.1 Å². The SMILES string of the molecule is COc1cc(C2C(C#N)=C(N)Oc3cc(OC(=O)/C=C/c4ccc(C)cc4)ccc32)ccc1OCC(C)C. The van der Waals surface area contributed by atoms with Crippen LogP contribution >= 0.6 is 0 Å². The highest BCUT2D eigenvalue weighted by Crippen LogP contribution is 2.45. The summed E-state index contributed by atoms with van der Waals surface area (Å²) in [6.07, 6.45) is 3.06. The van der Waals surface area contributed by atoms with Crippen molar-refractivity contribution in [2.24, 2.45) is 11.7 Å². The summed E-state index contributed by atoms with van der Waals surface area (Å²) in [5, 5.41) is 9.89. The number of nitrogens with two attached hydrogens (primary N) is 1. The second-order valence-corrected chi connectivity index (χ2v) is 9.40. The number of allylic oxidation sites excluding steroid dienone is 1. The average molecular weight is 511 g/mol. The van der Waals surface area contributed by atoms with Crippen LogP contribution in [0.2, 0.25) is 0 Å². The molecular formula is C31H30N2O5. The van der Waals surface area contributed by atoms with E-state index in [0.29, 0.717) is 41.1 Å². The summed E-state index contributed by atoms with van der Waals surface area (Å²) in [7, 11) is 1.57. The van der Waals surface area contributed by atoms with Crippen LogP contribution in [0.25, 0.3) is 6.08 Å². The van der Waals surface area contributed by atoms with Gasteiger partial charge in [0, 0.05) is 17.7 Å². The largest absolute Gasteiger partial charge is 0.493 e. The Morgan fingerprint density at radius 3 is 2.55 bits per heavy atom. The van der Waals surface area contributed by atoms with Gasteiger partial charge < -0.3 is 24.7 Å². The second kappa shape index (κ2) is 11.6. The maximum atomic E-state index is 12.4. The molecule has 0 fully saturated rings. The average Bonchev–Trinajstić information content (AvgIpc) is 2.90. The van der Waals surface area contributed by atoms with Gasteiger partial charge in [0.25, 0.3) is 0 Å². The van der Waals surface area contributed by atoms with Crippen LogP contribution < -0.4 is 24.7 Å². The number of benzene rings is 3. The fourth-order valence-electron chi connectivity index (χ4n) is 4.07. The summed E-state index contributed by atoms with van der Waals surface area (Å²) in [4.78, 5) is 12.4. The first kappa shape index (κ1) is 26.4. The lowest BCUT2D eigenvalue weighted by molar-refractivity contribution is -0.128. The molecule has 0 bridgehead atoms. The fourth-order valence-corrected chi connectivity index (χ4v) is 4.07. The third-order valence-corrected chi connectivity index (χ3v) is 5.99. The topological polar surface area (TPSA) is 104 Å². The fraction of sp³-hybridized carbons (Fsp3) is 0.226. The minimum atomic E-state index is -0.527. The van der Waals surface area contributed by atoms with Gasteiger partial charge in [0.1, 0.15) is 23.1 Å². The third kappa shape index (κ3) is 5.98. The minimum Gasteiger partial charge on any atom is -0.493 e. The van der Waals surface area contributed by atoms with Gasteiger partial charge in [-0.15, -0.1) is 0 Å². The molecule has 1 aliphatic rings. The van der Waals surface area contributed by atoms with Crippen LogP contribution in [0.15, 0.2) is 78.2 Å². The molecule has 194 valence electrons. The van der Waals surface area contributed by atoms with Gasteiger partial charge in [-0.05, 0) is 48.2 Å². The van der Waals surface area contributed by atoms with E-state index in [1.54, 1.807) is 31.4 Å². The smallest absolute Gasteiger partial charge is 0.336 e. The molecule has 1 aliphatic heterocycles. The summed E-state index contributed by atoms with van der Waals surface area (Å²) >= 11 is 0. The molecule has 0 amide bonds. The number of carbonyl (C=O) groups is 1. The predicted molar refractivity (Wildman–Crippen MR) is 145 cm³/mol.